The van der Waals surface area contributed by atoms with E-state index < -0.39 is 17.5 Å². The van der Waals surface area contributed by atoms with Gasteiger partial charge in [-0.05, 0) is 44.5 Å². The van der Waals surface area contributed by atoms with Crippen LogP contribution in [-0.4, -0.2) is 31.1 Å². The average molecular weight is 300 g/mol. The predicted octanol–water partition coefficient (Wildman–Crippen LogP) is 3.32. The Balaban J connectivity index is 1.74. The lowest BCUT2D eigenvalue weighted by Crippen LogP contribution is -2.36. The van der Waals surface area contributed by atoms with Crippen LogP contribution in [0, 0.1) is 23.4 Å². The molecule has 0 spiro atoms. The third-order valence-electron chi connectivity index (χ3n) is 3.92. The molecule has 0 aliphatic carbocycles. The topological polar surface area (TPSA) is 15.3 Å². The van der Waals surface area contributed by atoms with Gasteiger partial charge in [0.15, 0.2) is 11.6 Å². The SMILES string of the molecule is CC(CNCc1cc(F)c(F)cc1F)CN1CCCCC1. The second-order valence-electron chi connectivity index (χ2n) is 5.96. The van der Waals surface area contributed by atoms with E-state index in [-0.39, 0.29) is 12.1 Å². The number of halogens is 3. The fraction of sp³-hybridized carbons (Fsp3) is 0.625. The van der Waals surface area contributed by atoms with Crippen LogP contribution in [0.2, 0.25) is 0 Å². The smallest absolute Gasteiger partial charge is 0.161 e. The largest absolute Gasteiger partial charge is 0.312 e. The molecule has 0 amide bonds. The first kappa shape index (κ1) is 16.3. The van der Waals surface area contributed by atoms with Gasteiger partial charge >= 0.3 is 0 Å². The zero-order valence-corrected chi connectivity index (χ0v) is 12.5. The Hall–Kier alpha value is -1.07. The van der Waals surface area contributed by atoms with Crippen molar-refractivity contribution in [2.75, 3.05) is 26.2 Å². The summed E-state index contributed by atoms with van der Waals surface area (Å²) >= 11 is 0. The lowest BCUT2D eigenvalue weighted by atomic mass is 10.1. The standard InChI is InChI=1S/C16H23F3N2/c1-12(11-21-5-3-2-4-6-21)9-20-10-13-7-15(18)16(19)8-14(13)17/h7-8,12,20H,2-6,9-11H2,1H3. The molecule has 1 heterocycles. The Morgan fingerprint density at radius 2 is 1.71 bits per heavy atom. The van der Waals surface area contributed by atoms with E-state index in [1.807, 2.05) is 0 Å². The molecule has 1 aromatic carbocycles. The van der Waals surface area contributed by atoms with Gasteiger partial charge in [-0.2, -0.15) is 0 Å². The molecule has 1 N–H and O–H groups in total. The minimum absolute atomic E-state index is 0.166. The summed E-state index contributed by atoms with van der Waals surface area (Å²) in [4.78, 5) is 2.45. The lowest BCUT2D eigenvalue weighted by molar-refractivity contribution is 0.199. The third kappa shape index (κ3) is 5.00. The number of hydrogen-bond acceptors (Lipinski definition) is 2. The van der Waals surface area contributed by atoms with Gasteiger partial charge in [0, 0.05) is 24.7 Å². The van der Waals surface area contributed by atoms with Crippen molar-refractivity contribution in [3.8, 4) is 0 Å². The third-order valence-corrected chi connectivity index (χ3v) is 3.92. The highest BCUT2D eigenvalue weighted by Crippen LogP contribution is 2.14. The molecular weight excluding hydrogens is 277 g/mol. The highest BCUT2D eigenvalue weighted by molar-refractivity contribution is 5.19. The van der Waals surface area contributed by atoms with Crippen LogP contribution in [0.25, 0.3) is 0 Å². The molecule has 118 valence electrons. The van der Waals surface area contributed by atoms with Crippen LogP contribution in [0.4, 0.5) is 13.2 Å². The van der Waals surface area contributed by atoms with Crippen molar-refractivity contribution in [1.29, 1.82) is 0 Å². The van der Waals surface area contributed by atoms with Gasteiger partial charge < -0.3 is 10.2 Å². The summed E-state index contributed by atoms with van der Waals surface area (Å²) in [5, 5.41) is 3.12. The molecule has 1 atom stereocenters. The summed E-state index contributed by atoms with van der Waals surface area (Å²) < 4.78 is 39.4. The Bertz CT molecular complexity index is 459. The Labute approximate surface area is 124 Å². The van der Waals surface area contributed by atoms with Crippen molar-refractivity contribution in [1.82, 2.24) is 10.2 Å². The Kier molecular flexibility index (Phi) is 6.06. The van der Waals surface area contributed by atoms with E-state index in [1.54, 1.807) is 0 Å². The van der Waals surface area contributed by atoms with Crippen LogP contribution in [0.15, 0.2) is 12.1 Å². The maximum Gasteiger partial charge on any atom is 0.161 e. The summed E-state index contributed by atoms with van der Waals surface area (Å²) in [5.41, 5.74) is 0.166. The molecular formula is C16H23F3N2. The van der Waals surface area contributed by atoms with Crippen molar-refractivity contribution in [3.05, 3.63) is 35.1 Å². The normalized spacial score (nSPS) is 17.9. The summed E-state index contributed by atoms with van der Waals surface area (Å²) in [6, 6.07) is 1.52. The molecule has 1 aliphatic heterocycles. The maximum atomic E-state index is 13.5. The second-order valence-corrected chi connectivity index (χ2v) is 5.96. The number of piperidine rings is 1. The number of rotatable bonds is 6. The van der Waals surface area contributed by atoms with Crippen molar-refractivity contribution >= 4 is 0 Å². The Morgan fingerprint density at radius 3 is 2.43 bits per heavy atom. The second kappa shape index (κ2) is 7.80. The van der Waals surface area contributed by atoms with E-state index in [2.05, 4.69) is 17.1 Å². The lowest BCUT2D eigenvalue weighted by Gasteiger charge is -2.29. The monoisotopic (exact) mass is 300 g/mol. The van der Waals surface area contributed by atoms with E-state index in [4.69, 9.17) is 0 Å². The summed E-state index contributed by atoms with van der Waals surface area (Å²) in [7, 11) is 0. The van der Waals surface area contributed by atoms with E-state index in [0.29, 0.717) is 12.0 Å². The molecule has 0 bridgehead atoms. The summed E-state index contributed by atoms with van der Waals surface area (Å²) in [5.74, 6) is -2.41. The molecule has 0 radical (unpaired) electrons. The van der Waals surface area contributed by atoms with Gasteiger partial charge in [0.05, 0.1) is 0 Å². The van der Waals surface area contributed by atoms with E-state index in [0.717, 1.165) is 32.2 Å². The molecule has 1 aliphatic rings. The molecule has 1 fully saturated rings. The van der Waals surface area contributed by atoms with Gasteiger partial charge in [-0.25, -0.2) is 13.2 Å². The van der Waals surface area contributed by atoms with Crippen LogP contribution < -0.4 is 5.32 Å². The van der Waals surface area contributed by atoms with Crippen molar-refractivity contribution in [2.24, 2.45) is 5.92 Å². The fourth-order valence-corrected chi connectivity index (χ4v) is 2.80. The average Bonchev–Trinajstić information content (AvgIpc) is 2.45. The zero-order chi connectivity index (χ0) is 15.2. The summed E-state index contributed by atoms with van der Waals surface area (Å²) in [6.07, 6.45) is 3.85. The molecule has 1 aromatic rings. The van der Waals surface area contributed by atoms with Crippen molar-refractivity contribution < 1.29 is 13.2 Å². The van der Waals surface area contributed by atoms with Crippen LogP contribution in [0.1, 0.15) is 31.7 Å². The van der Waals surface area contributed by atoms with Crippen LogP contribution >= 0.6 is 0 Å². The van der Waals surface area contributed by atoms with Gasteiger partial charge in [-0.3, -0.25) is 0 Å². The minimum Gasteiger partial charge on any atom is -0.312 e. The predicted molar refractivity (Wildman–Crippen MR) is 77.5 cm³/mol. The van der Waals surface area contributed by atoms with Gasteiger partial charge in [0.1, 0.15) is 5.82 Å². The van der Waals surface area contributed by atoms with Gasteiger partial charge in [-0.15, -0.1) is 0 Å². The van der Waals surface area contributed by atoms with Gasteiger partial charge in [-0.1, -0.05) is 13.3 Å². The number of benzene rings is 1. The van der Waals surface area contributed by atoms with E-state index >= 15 is 0 Å². The molecule has 2 rings (SSSR count). The minimum atomic E-state index is -1.14. The quantitative estimate of drug-likeness (QED) is 0.811. The first-order chi connectivity index (χ1) is 10.1. The highest BCUT2D eigenvalue weighted by Gasteiger charge is 2.14. The molecule has 1 saturated heterocycles. The molecule has 5 heteroatoms. The van der Waals surface area contributed by atoms with Crippen LogP contribution in [0.5, 0.6) is 0 Å². The van der Waals surface area contributed by atoms with E-state index in [1.165, 1.54) is 19.3 Å². The molecule has 0 aromatic heterocycles. The number of likely N-dealkylation sites (tertiary alicyclic amines) is 1. The first-order valence-corrected chi connectivity index (χ1v) is 7.62. The number of nitrogens with one attached hydrogen (secondary N) is 1. The molecule has 1 unspecified atom stereocenters. The van der Waals surface area contributed by atoms with Crippen molar-refractivity contribution in [2.45, 2.75) is 32.7 Å². The molecule has 2 nitrogen and oxygen atoms in total. The van der Waals surface area contributed by atoms with Crippen LogP contribution in [-0.2, 0) is 6.54 Å². The number of hydrogen-bond donors (Lipinski definition) is 1. The number of nitrogens with zero attached hydrogens (tertiary/aromatic N) is 1. The zero-order valence-electron chi connectivity index (χ0n) is 12.5. The first-order valence-electron chi connectivity index (χ1n) is 7.62. The van der Waals surface area contributed by atoms with Gasteiger partial charge in [0.2, 0.25) is 0 Å². The summed E-state index contributed by atoms with van der Waals surface area (Å²) in [6.45, 7) is 6.42. The van der Waals surface area contributed by atoms with E-state index in [9.17, 15) is 13.2 Å². The molecule has 0 saturated carbocycles. The molecule has 21 heavy (non-hydrogen) atoms. The maximum absolute atomic E-state index is 13.5. The Morgan fingerprint density at radius 1 is 1.05 bits per heavy atom. The van der Waals surface area contributed by atoms with Crippen LogP contribution in [0.3, 0.4) is 0 Å². The fourth-order valence-electron chi connectivity index (χ4n) is 2.80. The van der Waals surface area contributed by atoms with Crippen molar-refractivity contribution in [3.63, 3.8) is 0 Å². The van der Waals surface area contributed by atoms with Gasteiger partial charge in [0.25, 0.3) is 0 Å². The highest BCUT2D eigenvalue weighted by atomic mass is 19.2.